The molecule has 9 rings (SSSR count). The largest absolute Gasteiger partial charge is 0.502 e. The van der Waals surface area contributed by atoms with Crippen LogP contribution in [0.3, 0.4) is 0 Å². The Balaban J connectivity index is 0.000000220. The Morgan fingerprint density at radius 1 is 0.740 bits per heavy atom. The summed E-state index contributed by atoms with van der Waals surface area (Å²) in [7, 11) is 2.04. The minimum Gasteiger partial charge on any atom is -0.502 e. The molecule has 0 N–H and O–H groups in total. The molecule has 0 fully saturated rings. The first-order chi connectivity index (χ1) is 24.1. The van der Waals surface area contributed by atoms with Gasteiger partial charge in [0.15, 0.2) is 0 Å². The van der Waals surface area contributed by atoms with Gasteiger partial charge in [0.25, 0.3) is 0 Å². The molecule has 0 bridgehead atoms. The normalized spacial score (nSPS) is 15.3. The maximum absolute atomic E-state index is 13.2. The van der Waals surface area contributed by atoms with Crippen molar-refractivity contribution in [3.05, 3.63) is 199 Å². The second kappa shape index (κ2) is 13.7. The first kappa shape index (κ1) is 33.0. The van der Waals surface area contributed by atoms with Gasteiger partial charge in [-0.05, 0) is 48.6 Å². The fourth-order valence-electron chi connectivity index (χ4n) is 6.70. The second-order valence-electron chi connectivity index (χ2n) is 11.6. The summed E-state index contributed by atoms with van der Waals surface area (Å²) in [4.78, 5) is 17.7. The average Bonchev–Trinajstić information content (AvgIpc) is 3.65. The summed E-state index contributed by atoms with van der Waals surface area (Å²) in [6, 6.07) is 48.3. The van der Waals surface area contributed by atoms with Crippen molar-refractivity contribution in [3.8, 4) is 22.4 Å². The Kier molecular flexibility index (Phi) is 9.06. The summed E-state index contributed by atoms with van der Waals surface area (Å²) in [6.07, 6.45) is 5.25. The third kappa shape index (κ3) is 5.56. The van der Waals surface area contributed by atoms with E-state index >= 15 is 0 Å². The Morgan fingerprint density at radius 3 is 2.32 bits per heavy atom. The van der Waals surface area contributed by atoms with Gasteiger partial charge in [0.05, 0.1) is 5.69 Å². The van der Waals surface area contributed by atoms with E-state index in [0.717, 1.165) is 46.1 Å². The molecular formula is C42H27F2IrN5-4. The van der Waals surface area contributed by atoms with Crippen LogP contribution in [-0.4, -0.2) is 22.0 Å². The van der Waals surface area contributed by atoms with Crippen LogP contribution in [0.5, 0.6) is 0 Å². The molecule has 4 aromatic carbocycles. The van der Waals surface area contributed by atoms with E-state index in [9.17, 15) is 8.78 Å². The van der Waals surface area contributed by atoms with Crippen LogP contribution in [0.1, 0.15) is 22.4 Å². The molecule has 1 radical (unpaired) electrons. The van der Waals surface area contributed by atoms with Crippen LogP contribution >= 0.6 is 0 Å². The van der Waals surface area contributed by atoms with Gasteiger partial charge in [0, 0.05) is 61.4 Å². The topological polar surface area (TPSA) is 45.2 Å². The molecule has 1 aliphatic carbocycles. The van der Waals surface area contributed by atoms with Gasteiger partial charge in [0.1, 0.15) is 5.82 Å². The van der Waals surface area contributed by atoms with E-state index in [1.165, 1.54) is 16.7 Å². The Bertz CT molecular complexity index is 2240. The van der Waals surface area contributed by atoms with E-state index < -0.39 is 17.0 Å². The van der Waals surface area contributed by atoms with Crippen molar-refractivity contribution in [1.82, 2.24) is 15.0 Å². The molecule has 0 saturated heterocycles. The number of pyridine rings is 3. The molecule has 3 aromatic heterocycles. The van der Waals surface area contributed by atoms with Crippen molar-refractivity contribution in [2.45, 2.75) is 5.41 Å². The van der Waals surface area contributed by atoms with Crippen LogP contribution in [0.4, 0.5) is 26.0 Å². The molecule has 0 spiro atoms. The summed E-state index contributed by atoms with van der Waals surface area (Å²) >= 11 is 0. The van der Waals surface area contributed by atoms with E-state index in [1.807, 2.05) is 37.6 Å². The second-order valence-corrected chi connectivity index (χ2v) is 11.6. The van der Waals surface area contributed by atoms with Crippen LogP contribution in [0.15, 0.2) is 140 Å². The van der Waals surface area contributed by atoms with Gasteiger partial charge in [-0.25, -0.2) is 4.98 Å². The van der Waals surface area contributed by atoms with Gasteiger partial charge >= 0.3 is 0 Å². The Labute approximate surface area is 303 Å². The van der Waals surface area contributed by atoms with E-state index in [0.29, 0.717) is 5.69 Å². The smallest absolute Gasteiger partial charge is 0.124 e. The van der Waals surface area contributed by atoms with E-state index in [1.54, 1.807) is 24.4 Å². The molecule has 1 atom stereocenters. The Morgan fingerprint density at radius 2 is 1.52 bits per heavy atom. The van der Waals surface area contributed by atoms with E-state index in [-0.39, 0.29) is 25.7 Å². The van der Waals surface area contributed by atoms with E-state index in [4.69, 9.17) is 4.98 Å². The molecule has 7 aromatic rings. The van der Waals surface area contributed by atoms with Crippen LogP contribution in [0.2, 0.25) is 0 Å². The van der Waals surface area contributed by atoms with Crippen LogP contribution < -0.4 is 9.80 Å². The first-order valence-electron chi connectivity index (χ1n) is 15.7. The van der Waals surface area contributed by atoms with Crippen LogP contribution in [0.25, 0.3) is 22.4 Å². The maximum atomic E-state index is 13.2. The van der Waals surface area contributed by atoms with Gasteiger partial charge < -0.3 is 14.8 Å². The molecule has 0 saturated carbocycles. The van der Waals surface area contributed by atoms with Crippen LogP contribution in [0, 0.1) is 36.5 Å². The fraction of sp³-hybridized carbons (Fsp3) is 0.0476. The minimum absolute atomic E-state index is 0. The first-order valence-corrected chi connectivity index (χ1v) is 15.7. The average molecular weight is 832 g/mol. The fourth-order valence-corrected chi connectivity index (χ4v) is 6.70. The molecule has 50 heavy (non-hydrogen) atoms. The van der Waals surface area contributed by atoms with E-state index in [2.05, 4.69) is 117 Å². The zero-order valence-electron chi connectivity index (χ0n) is 26.7. The summed E-state index contributed by atoms with van der Waals surface area (Å²) in [5.74, 6) is -0.389. The number of rotatable bonds is 4. The third-order valence-electron chi connectivity index (χ3n) is 8.79. The van der Waals surface area contributed by atoms with Crippen molar-refractivity contribution in [2.24, 2.45) is 0 Å². The molecule has 247 valence electrons. The predicted molar refractivity (Wildman–Crippen MR) is 187 cm³/mol. The van der Waals surface area contributed by atoms with Gasteiger partial charge in [-0.1, -0.05) is 59.7 Å². The number of halogens is 2. The van der Waals surface area contributed by atoms with Crippen molar-refractivity contribution >= 4 is 17.2 Å². The quantitative estimate of drug-likeness (QED) is 0.166. The summed E-state index contributed by atoms with van der Waals surface area (Å²) < 4.78 is 25.8. The summed E-state index contributed by atoms with van der Waals surface area (Å²) in [5.41, 5.74) is 8.71. The number of fused-ring (bicyclic) bond motifs is 4. The molecule has 2 aliphatic rings. The number of hydrogen-bond donors (Lipinski definition) is 0. The Hall–Kier alpha value is -5.56. The summed E-state index contributed by atoms with van der Waals surface area (Å²) in [6.45, 7) is 2.06. The van der Waals surface area contributed by atoms with Crippen molar-refractivity contribution in [1.29, 1.82) is 0 Å². The van der Waals surface area contributed by atoms with Gasteiger partial charge in [-0.15, -0.1) is 34.5 Å². The van der Waals surface area contributed by atoms with Crippen molar-refractivity contribution in [2.75, 3.05) is 16.8 Å². The molecule has 8 heteroatoms. The molecule has 4 heterocycles. The zero-order chi connectivity index (χ0) is 33.4. The minimum atomic E-state index is -0.649. The number of anilines is 3. The third-order valence-corrected chi connectivity index (χ3v) is 8.79. The molecule has 5 nitrogen and oxygen atoms in total. The molecule has 1 aliphatic heterocycles. The molecular weight excluding hydrogens is 805 g/mol. The number of nitrogens with zero attached hydrogens (tertiary/aromatic N) is 5. The number of benzene rings is 4. The number of hydrogen-bond acceptors (Lipinski definition) is 5. The van der Waals surface area contributed by atoms with Crippen LogP contribution in [-0.2, 0) is 25.5 Å². The molecule has 0 unspecified atom stereocenters. The van der Waals surface area contributed by atoms with Crippen molar-refractivity contribution < 1.29 is 28.9 Å². The number of aromatic nitrogens is 3. The maximum Gasteiger partial charge on any atom is 0.124 e. The molecule has 0 amide bonds. The SMILES string of the molecule is CN1[CH-]N(c2[c-]c([C@]3(c4ccccn4)c4[c-]cccc4-c4ccccc43)ccc2)c2ncccc21.Fc1c[c-]c(-c2ccccn2)c(F)c1.[Ir]. The predicted octanol–water partition coefficient (Wildman–Crippen LogP) is 8.97. The zero-order valence-corrected chi connectivity index (χ0v) is 29.1. The summed E-state index contributed by atoms with van der Waals surface area (Å²) in [5, 5.41) is 0. The monoisotopic (exact) mass is 832 g/mol. The van der Waals surface area contributed by atoms with Crippen molar-refractivity contribution in [3.63, 3.8) is 0 Å². The van der Waals surface area contributed by atoms with Gasteiger partial charge in [-0.2, -0.15) is 55.2 Å². The standard InChI is InChI=1S/C31H21N4.C11H6F2N.Ir/c1-34-21-35(30-28(34)16-9-19-33-30)23-11-8-10-22(20-23)31(29-17-6-7-18-32-29)26-14-4-2-12-24(26)25-13-3-5-15-27(25)31;12-8-4-5-9(10(13)7-8)11-3-1-2-6-14-11;/h2-14,16-19,21H,1H3;1-4,6-7H;/q-3;-1;/t31-;;/m1../s1. The van der Waals surface area contributed by atoms with Gasteiger partial charge in [-0.3, -0.25) is 13.8 Å². The van der Waals surface area contributed by atoms with Gasteiger partial charge in [0.2, 0.25) is 0 Å².